The molecule has 0 saturated carbocycles. The van der Waals surface area contributed by atoms with Crippen LogP contribution in [-0.4, -0.2) is 65.1 Å². The highest BCUT2D eigenvalue weighted by Gasteiger charge is 2.44. The van der Waals surface area contributed by atoms with Gasteiger partial charge in [-0.3, -0.25) is 4.79 Å². The first-order valence-electron chi connectivity index (χ1n) is 12.6. The molecule has 1 heterocycles. The van der Waals surface area contributed by atoms with Crippen molar-refractivity contribution in [3.05, 3.63) is 93.8 Å². The van der Waals surface area contributed by atoms with E-state index in [1.807, 2.05) is 37.3 Å². The Morgan fingerprint density at radius 2 is 1.79 bits per heavy atom. The van der Waals surface area contributed by atoms with Crippen LogP contribution in [0.25, 0.3) is 0 Å². The van der Waals surface area contributed by atoms with Crippen molar-refractivity contribution in [2.75, 3.05) is 19.4 Å². The number of carbonyl (C=O) groups excluding carboxylic acids is 1. The molecule has 1 aliphatic heterocycles. The minimum Gasteiger partial charge on any atom is -0.494 e. The van der Waals surface area contributed by atoms with Gasteiger partial charge in [-0.2, -0.15) is 0 Å². The maximum atomic E-state index is 14.4. The van der Waals surface area contributed by atoms with Crippen LogP contribution in [0, 0.1) is 5.82 Å². The Bertz CT molecular complexity index is 1290. The first-order valence-corrected chi connectivity index (χ1v) is 13.9. The fourth-order valence-corrected chi connectivity index (χ4v) is 5.65. The summed E-state index contributed by atoms with van der Waals surface area (Å²) in [5.74, 6) is -0.0289. The lowest BCUT2D eigenvalue weighted by molar-refractivity contribution is -0.218. The van der Waals surface area contributed by atoms with Crippen molar-refractivity contribution in [1.29, 1.82) is 0 Å². The Morgan fingerprint density at radius 1 is 1.05 bits per heavy atom. The number of benzene rings is 3. The van der Waals surface area contributed by atoms with Gasteiger partial charge in [-0.1, -0.05) is 35.9 Å². The predicted octanol–water partition coefficient (Wildman–Crippen LogP) is 4.14. The van der Waals surface area contributed by atoms with Gasteiger partial charge >= 0.3 is 0 Å². The second-order valence-corrected chi connectivity index (χ2v) is 10.7. The van der Waals surface area contributed by atoms with Crippen molar-refractivity contribution in [3.63, 3.8) is 0 Å². The van der Waals surface area contributed by atoms with Crippen molar-refractivity contribution < 1.29 is 34.0 Å². The van der Waals surface area contributed by atoms with Crippen molar-refractivity contribution in [3.8, 4) is 5.75 Å². The summed E-state index contributed by atoms with van der Waals surface area (Å²) in [6.07, 6.45) is -5.63. The minimum atomic E-state index is -1.48. The molecule has 1 saturated heterocycles. The van der Waals surface area contributed by atoms with Gasteiger partial charge < -0.3 is 30.1 Å². The summed E-state index contributed by atoms with van der Waals surface area (Å²) in [5.41, 5.74) is 2.68. The minimum absolute atomic E-state index is 0.0716. The van der Waals surface area contributed by atoms with E-state index in [4.69, 9.17) is 21.1 Å². The number of hydrogen-bond acceptors (Lipinski definition) is 7. The summed E-state index contributed by atoms with van der Waals surface area (Å²) in [6, 6.07) is 16.9. The first-order chi connectivity index (χ1) is 18.7. The van der Waals surface area contributed by atoms with E-state index in [2.05, 4.69) is 5.32 Å². The van der Waals surface area contributed by atoms with E-state index in [9.17, 15) is 24.5 Å². The standard InChI is InChI=1S/C29H31ClFNO6S/c1-3-37-20-8-4-16(5-9-20)12-19-13-17(6-10-21(19)30)28-27(35)26(34)25(33)23(38-28)15-39-24-14-18(29(36)32-2)7-11-22(24)31/h4-11,13-14,23,25-28,33-35H,3,12,15H2,1-2H3,(H,32,36)/t23-,25-,26+,27-,28+/m1/s1. The van der Waals surface area contributed by atoms with Gasteiger partial charge in [-0.15, -0.1) is 11.8 Å². The number of halogens is 2. The Balaban J connectivity index is 1.51. The van der Waals surface area contributed by atoms with E-state index in [-0.39, 0.29) is 16.6 Å². The quantitative estimate of drug-likeness (QED) is 0.284. The van der Waals surface area contributed by atoms with Gasteiger partial charge in [-0.25, -0.2) is 4.39 Å². The molecule has 1 aliphatic rings. The molecule has 0 aromatic heterocycles. The topological polar surface area (TPSA) is 108 Å². The summed E-state index contributed by atoms with van der Waals surface area (Å²) in [4.78, 5) is 12.1. The molecule has 10 heteroatoms. The van der Waals surface area contributed by atoms with Crippen LogP contribution >= 0.6 is 23.4 Å². The largest absolute Gasteiger partial charge is 0.494 e. The van der Waals surface area contributed by atoms with E-state index in [0.29, 0.717) is 29.2 Å². The molecule has 0 unspecified atom stereocenters. The zero-order valence-corrected chi connectivity index (χ0v) is 23.1. The molecule has 1 fully saturated rings. The van der Waals surface area contributed by atoms with Crippen LogP contribution in [0.4, 0.5) is 4.39 Å². The summed E-state index contributed by atoms with van der Waals surface area (Å²) >= 11 is 7.52. The van der Waals surface area contributed by atoms with Gasteiger partial charge in [0.05, 0.1) is 12.7 Å². The SMILES string of the molecule is CCOc1ccc(Cc2cc([C@@H]3O[C@H](CSc4cc(C(=O)NC)ccc4F)[C@@H](O)[C@H](O)[C@H]3O)ccc2Cl)cc1. The molecule has 0 bridgehead atoms. The summed E-state index contributed by atoms with van der Waals surface area (Å²) in [5, 5.41) is 35.0. The number of thioether (sulfide) groups is 1. The number of carbonyl (C=O) groups is 1. The number of nitrogens with one attached hydrogen (secondary N) is 1. The summed E-state index contributed by atoms with van der Waals surface area (Å²) < 4.78 is 26.0. The fourth-order valence-electron chi connectivity index (χ4n) is 4.43. The number of hydrogen-bond donors (Lipinski definition) is 4. The molecule has 4 rings (SSSR count). The number of aliphatic hydroxyl groups is 3. The van der Waals surface area contributed by atoms with E-state index in [1.165, 1.54) is 25.2 Å². The van der Waals surface area contributed by atoms with E-state index >= 15 is 0 Å². The van der Waals surface area contributed by atoms with Crippen LogP contribution in [0.5, 0.6) is 5.75 Å². The molecular weight excluding hydrogens is 545 g/mol. The van der Waals surface area contributed by atoms with Crippen LogP contribution in [0.15, 0.2) is 65.6 Å². The molecule has 3 aromatic rings. The fraction of sp³-hybridized carbons (Fsp3) is 0.345. The number of aliphatic hydroxyl groups excluding tert-OH is 3. The lowest BCUT2D eigenvalue weighted by Gasteiger charge is -2.41. The monoisotopic (exact) mass is 575 g/mol. The highest BCUT2D eigenvalue weighted by Crippen LogP contribution is 2.37. The third kappa shape index (κ3) is 6.92. The molecule has 39 heavy (non-hydrogen) atoms. The van der Waals surface area contributed by atoms with Gasteiger partial charge in [0.2, 0.25) is 0 Å². The van der Waals surface area contributed by atoms with Crippen molar-refractivity contribution >= 4 is 29.3 Å². The van der Waals surface area contributed by atoms with Crippen molar-refractivity contribution in [2.24, 2.45) is 0 Å². The third-order valence-corrected chi connectivity index (χ3v) is 8.05. The maximum Gasteiger partial charge on any atom is 0.251 e. The van der Waals surface area contributed by atoms with Gasteiger partial charge in [0.25, 0.3) is 5.91 Å². The zero-order chi connectivity index (χ0) is 28.1. The highest BCUT2D eigenvalue weighted by molar-refractivity contribution is 7.99. The summed E-state index contributed by atoms with van der Waals surface area (Å²) in [6.45, 7) is 2.50. The second-order valence-electron chi connectivity index (χ2n) is 9.21. The van der Waals surface area contributed by atoms with Crippen LogP contribution in [0.1, 0.15) is 40.1 Å². The molecule has 1 amide bonds. The maximum absolute atomic E-state index is 14.4. The summed E-state index contributed by atoms with van der Waals surface area (Å²) in [7, 11) is 1.48. The van der Waals surface area contributed by atoms with E-state index < -0.39 is 36.3 Å². The number of rotatable bonds is 9. The smallest absolute Gasteiger partial charge is 0.251 e. The van der Waals surface area contributed by atoms with E-state index in [0.717, 1.165) is 28.6 Å². The number of amides is 1. The van der Waals surface area contributed by atoms with Crippen LogP contribution < -0.4 is 10.1 Å². The third-order valence-electron chi connectivity index (χ3n) is 6.56. The normalized spacial score (nSPS) is 22.9. The molecule has 0 aliphatic carbocycles. The molecular formula is C29H31ClFNO6S. The molecule has 4 N–H and O–H groups in total. The van der Waals surface area contributed by atoms with Gasteiger partial charge in [0.15, 0.2) is 0 Å². The molecule has 5 atom stereocenters. The van der Waals surface area contributed by atoms with Crippen LogP contribution in [0.2, 0.25) is 5.02 Å². The van der Waals surface area contributed by atoms with Gasteiger partial charge in [0.1, 0.15) is 36.0 Å². The Morgan fingerprint density at radius 3 is 2.49 bits per heavy atom. The van der Waals surface area contributed by atoms with Crippen molar-refractivity contribution in [1.82, 2.24) is 5.32 Å². The number of ether oxygens (including phenoxy) is 2. The Labute approximate surface area is 235 Å². The van der Waals surface area contributed by atoms with Crippen LogP contribution in [0.3, 0.4) is 0 Å². The predicted molar refractivity (Wildman–Crippen MR) is 148 cm³/mol. The zero-order valence-electron chi connectivity index (χ0n) is 21.5. The second kappa shape index (κ2) is 13.1. The molecule has 0 spiro atoms. The lowest BCUT2D eigenvalue weighted by Crippen LogP contribution is -2.54. The van der Waals surface area contributed by atoms with E-state index in [1.54, 1.807) is 12.1 Å². The Hall–Kier alpha value is -2.66. The first kappa shape index (κ1) is 29.3. The Kier molecular flexibility index (Phi) is 9.87. The lowest BCUT2D eigenvalue weighted by atomic mass is 9.90. The molecule has 3 aromatic carbocycles. The average molecular weight is 576 g/mol. The average Bonchev–Trinajstić information content (AvgIpc) is 2.94. The van der Waals surface area contributed by atoms with Crippen LogP contribution in [-0.2, 0) is 11.2 Å². The van der Waals surface area contributed by atoms with Crippen molar-refractivity contribution in [2.45, 2.75) is 48.8 Å². The van der Waals surface area contributed by atoms with Gasteiger partial charge in [-0.05, 0) is 66.4 Å². The molecule has 208 valence electrons. The molecule has 0 radical (unpaired) electrons. The van der Waals surface area contributed by atoms with Gasteiger partial charge in [0, 0.05) is 28.3 Å². The molecule has 7 nitrogen and oxygen atoms in total. The highest BCUT2D eigenvalue weighted by atomic mass is 35.5.